The predicted molar refractivity (Wildman–Crippen MR) is 98.5 cm³/mol. The molecular formula is C22H29NO4. The van der Waals surface area contributed by atoms with Gasteiger partial charge in [0.05, 0.1) is 7.11 Å². The van der Waals surface area contributed by atoms with E-state index in [4.69, 9.17) is 9.47 Å². The SMILES string of the molecule is COC(=O)O[C@@]1(C#N)CC[C@H]2[C@@H]3CCC4=CC(=O)CC[C@]4(C)[C@H]3CC[C@@]21C. The van der Waals surface area contributed by atoms with E-state index < -0.39 is 11.8 Å². The topological polar surface area (TPSA) is 76.4 Å². The van der Waals surface area contributed by atoms with Crippen LogP contribution in [0.25, 0.3) is 0 Å². The van der Waals surface area contributed by atoms with Crippen molar-refractivity contribution in [3.8, 4) is 6.07 Å². The van der Waals surface area contributed by atoms with Gasteiger partial charge >= 0.3 is 6.16 Å². The van der Waals surface area contributed by atoms with Crippen LogP contribution in [0.5, 0.6) is 0 Å². The van der Waals surface area contributed by atoms with Crippen molar-refractivity contribution in [2.45, 2.75) is 70.8 Å². The molecule has 0 amide bonds. The van der Waals surface area contributed by atoms with E-state index in [-0.39, 0.29) is 16.6 Å². The van der Waals surface area contributed by atoms with Gasteiger partial charge in [-0.2, -0.15) is 5.26 Å². The molecule has 0 bridgehead atoms. The Balaban J connectivity index is 1.67. The normalized spacial score (nSPS) is 45.6. The Morgan fingerprint density at radius 1 is 1.15 bits per heavy atom. The van der Waals surface area contributed by atoms with Crippen molar-refractivity contribution in [1.29, 1.82) is 5.26 Å². The van der Waals surface area contributed by atoms with Gasteiger partial charge in [-0.3, -0.25) is 4.79 Å². The molecule has 3 saturated carbocycles. The molecule has 0 N–H and O–H groups in total. The number of carbonyl (C=O) groups is 2. The summed E-state index contributed by atoms with van der Waals surface area (Å²) in [5.41, 5.74) is 0.0345. The molecule has 4 aliphatic carbocycles. The van der Waals surface area contributed by atoms with Crippen LogP contribution in [0.3, 0.4) is 0 Å². The van der Waals surface area contributed by atoms with Gasteiger partial charge in [0.25, 0.3) is 0 Å². The van der Waals surface area contributed by atoms with Gasteiger partial charge in [0.15, 0.2) is 5.78 Å². The lowest BCUT2D eigenvalue weighted by Crippen LogP contribution is -2.55. The number of fused-ring (bicyclic) bond motifs is 5. The number of allylic oxidation sites excluding steroid dienone is 1. The van der Waals surface area contributed by atoms with Crippen LogP contribution in [0.2, 0.25) is 0 Å². The van der Waals surface area contributed by atoms with Gasteiger partial charge in [-0.05, 0) is 67.8 Å². The zero-order chi connectivity index (χ0) is 19.4. The molecule has 0 saturated heterocycles. The monoisotopic (exact) mass is 371 g/mol. The van der Waals surface area contributed by atoms with Crippen LogP contribution in [0.4, 0.5) is 4.79 Å². The second-order valence-electron chi connectivity index (χ2n) is 9.46. The summed E-state index contributed by atoms with van der Waals surface area (Å²) in [6.45, 7) is 4.49. The summed E-state index contributed by atoms with van der Waals surface area (Å²) >= 11 is 0. The molecule has 27 heavy (non-hydrogen) atoms. The molecule has 0 aliphatic heterocycles. The fourth-order valence-corrected chi connectivity index (χ4v) is 7.12. The first-order valence-corrected chi connectivity index (χ1v) is 10.2. The van der Waals surface area contributed by atoms with Crippen LogP contribution in [-0.4, -0.2) is 24.6 Å². The molecule has 146 valence electrons. The molecular weight excluding hydrogens is 342 g/mol. The summed E-state index contributed by atoms with van der Waals surface area (Å²) in [4.78, 5) is 23.8. The third-order valence-electron chi connectivity index (χ3n) is 8.69. The predicted octanol–water partition coefficient (Wildman–Crippen LogP) is 4.56. The fourth-order valence-electron chi connectivity index (χ4n) is 7.12. The average Bonchev–Trinajstić information content (AvgIpc) is 2.95. The van der Waals surface area contributed by atoms with E-state index >= 15 is 0 Å². The minimum Gasteiger partial charge on any atom is -0.438 e. The molecule has 0 unspecified atom stereocenters. The highest BCUT2D eigenvalue weighted by molar-refractivity contribution is 5.91. The highest BCUT2D eigenvalue weighted by Gasteiger charge is 2.66. The molecule has 0 aromatic rings. The number of nitrogens with zero attached hydrogens (tertiary/aromatic N) is 1. The standard InChI is InChI=1S/C22H29NO4/c1-20-9-6-15(24)12-14(20)4-5-16-17(20)7-10-21(2)18(16)8-11-22(21,13-23)27-19(25)26-3/h12,16-18H,4-11H2,1-3H3/t16-,17+,18+,20+,21+,22-/m1/s1. The maximum atomic E-state index is 11.9. The third-order valence-corrected chi connectivity index (χ3v) is 8.69. The lowest BCUT2D eigenvalue weighted by molar-refractivity contribution is -0.122. The summed E-state index contributed by atoms with van der Waals surface area (Å²) < 4.78 is 10.3. The van der Waals surface area contributed by atoms with E-state index in [9.17, 15) is 14.9 Å². The van der Waals surface area contributed by atoms with E-state index in [2.05, 4.69) is 19.9 Å². The maximum Gasteiger partial charge on any atom is 0.509 e. The first kappa shape index (κ1) is 18.5. The fraction of sp³-hybridized carbons (Fsp3) is 0.773. The summed E-state index contributed by atoms with van der Waals surface area (Å²) in [7, 11) is 1.29. The second kappa shape index (κ2) is 6.09. The van der Waals surface area contributed by atoms with Crippen LogP contribution in [0.1, 0.15) is 65.2 Å². The number of ether oxygens (including phenoxy) is 2. The zero-order valence-corrected chi connectivity index (χ0v) is 16.5. The first-order chi connectivity index (χ1) is 12.8. The lowest BCUT2D eigenvalue weighted by atomic mass is 9.46. The number of ketones is 1. The van der Waals surface area contributed by atoms with Crippen molar-refractivity contribution in [3.05, 3.63) is 11.6 Å². The largest absolute Gasteiger partial charge is 0.509 e. The Bertz CT molecular complexity index is 752. The van der Waals surface area contributed by atoms with Crippen molar-refractivity contribution >= 4 is 11.9 Å². The van der Waals surface area contributed by atoms with E-state index in [1.165, 1.54) is 12.7 Å². The summed E-state index contributed by atoms with van der Waals surface area (Å²) in [6, 6.07) is 2.37. The summed E-state index contributed by atoms with van der Waals surface area (Å²) in [6.07, 6.45) is 8.20. The average molecular weight is 371 g/mol. The maximum absolute atomic E-state index is 11.9. The molecule has 0 radical (unpaired) electrons. The molecule has 4 aliphatic rings. The first-order valence-electron chi connectivity index (χ1n) is 10.2. The van der Waals surface area contributed by atoms with Crippen molar-refractivity contribution in [1.82, 2.24) is 0 Å². The summed E-state index contributed by atoms with van der Waals surface area (Å²) in [5.74, 6) is 1.72. The lowest BCUT2D eigenvalue weighted by Gasteiger charge is -2.58. The molecule has 0 heterocycles. The zero-order valence-electron chi connectivity index (χ0n) is 16.5. The number of hydrogen-bond donors (Lipinski definition) is 0. The van der Waals surface area contributed by atoms with Crippen molar-refractivity contribution in [2.75, 3.05) is 7.11 Å². The highest BCUT2D eigenvalue weighted by atomic mass is 16.7. The van der Waals surface area contributed by atoms with Crippen molar-refractivity contribution in [3.63, 3.8) is 0 Å². The van der Waals surface area contributed by atoms with E-state index in [0.717, 1.165) is 38.5 Å². The van der Waals surface area contributed by atoms with Crippen LogP contribution in [0.15, 0.2) is 11.6 Å². The molecule has 3 fully saturated rings. The van der Waals surface area contributed by atoms with E-state index in [0.29, 0.717) is 30.6 Å². The van der Waals surface area contributed by atoms with Gasteiger partial charge in [-0.15, -0.1) is 0 Å². The Kier molecular flexibility index (Phi) is 4.18. The van der Waals surface area contributed by atoms with Gasteiger partial charge in [0.1, 0.15) is 6.07 Å². The van der Waals surface area contributed by atoms with Crippen molar-refractivity contribution < 1.29 is 19.1 Å². The van der Waals surface area contributed by atoms with Gasteiger partial charge in [-0.25, -0.2) is 4.79 Å². The number of nitriles is 1. The van der Waals surface area contributed by atoms with Crippen LogP contribution in [0, 0.1) is 39.9 Å². The van der Waals surface area contributed by atoms with Gasteiger partial charge in [-0.1, -0.05) is 19.4 Å². The summed E-state index contributed by atoms with van der Waals surface area (Å²) in [5, 5.41) is 10.00. The quantitative estimate of drug-likeness (QED) is 0.631. The molecule has 6 atom stereocenters. The number of hydrogen-bond acceptors (Lipinski definition) is 5. The van der Waals surface area contributed by atoms with Gasteiger partial charge in [0, 0.05) is 18.3 Å². The Morgan fingerprint density at radius 2 is 1.89 bits per heavy atom. The van der Waals surface area contributed by atoms with E-state index in [1.807, 2.05) is 6.08 Å². The number of rotatable bonds is 1. The molecule has 0 aromatic carbocycles. The van der Waals surface area contributed by atoms with Crippen molar-refractivity contribution in [2.24, 2.45) is 28.6 Å². The molecule has 4 rings (SSSR count). The molecule has 0 aromatic heterocycles. The Labute approximate surface area is 161 Å². The Hall–Kier alpha value is -1.83. The minimum absolute atomic E-state index is 0.110. The molecule has 0 spiro atoms. The number of methoxy groups -OCH3 is 1. The molecule has 5 nitrogen and oxygen atoms in total. The van der Waals surface area contributed by atoms with E-state index in [1.54, 1.807) is 0 Å². The highest BCUT2D eigenvalue weighted by Crippen LogP contribution is 2.68. The van der Waals surface area contributed by atoms with Crippen LogP contribution < -0.4 is 0 Å². The van der Waals surface area contributed by atoms with Gasteiger partial charge in [0.2, 0.25) is 5.60 Å². The van der Waals surface area contributed by atoms with Gasteiger partial charge < -0.3 is 9.47 Å². The number of carbonyl (C=O) groups excluding carboxylic acids is 2. The Morgan fingerprint density at radius 3 is 2.59 bits per heavy atom. The smallest absolute Gasteiger partial charge is 0.438 e. The van der Waals surface area contributed by atoms with Crippen LogP contribution >= 0.6 is 0 Å². The minimum atomic E-state index is -1.09. The molecule has 5 heteroatoms. The van der Waals surface area contributed by atoms with Crippen LogP contribution in [-0.2, 0) is 14.3 Å². The second-order valence-corrected chi connectivity index (χ2v) is 9.46. The third kappa shape index (κ3) is 2.41.